The fraction of sp³-hybridized carbons (Fsp3) is 0.273. The van der Waals surface area contributed by atoms with Gasteiger partial charge in [-0.1, -0.05) is 18.2 Å². The zero-order valence-corrected chi connectivity index (χ0v) is 16.9. The van der Waals surface area contributed by atoms with Crippen LogP contribution in [0.25, 0.3) is 5.82 Å². The molecule has 2 amide bonds. The first-order chi connectivity index (χ1) is 15.3. The summed E-state index contributed by atoms with van der Waals surface area (Å²) in [6.07, 6.45) is 0.637. The summed E-state index contributed by atoms with van der Waals surface area (Å²) in [5.41, 5.74) is 0.403. The van der Waals surface area contributed by atoms with Crippen LogP contribution in [-0.2, 0) is 28.9 Å². The molecule has 166 valence electrons. The fourth-order valence-corrected chi connectivity index (χ4v) is 3.56. The molecule has 0 saturated carbocycles. The lowest BCUT2D eigenvalue weighted by Crippen LogP contribution is -2.32. The third-order valence-electron chi connectivity index (χ3n) is 5.23. The van der Waals surface area contributed by atoms with Gasteiger partial charge in [0.1, 0.15) is 0 Å². The molecule has 7 nitrogen and oxygen atoms in total. The number of hydrogen-bond donors (Lipinski definition) is 1. The van der Waals surface area contributed by atoms with Gasteiger partial charge in [-0.25, -0.2) is 9.67 Å². The van der Waals surface area contributed by atoms with Crippen LogP contribution in [0.1, 0.15) is 23.1 Å². The zero-order chi connectivity index (χ0) is 22.7. The van der Waals surface area contributed by atoms with Crippen molar-refractivity contribution in [3.8, 4) is 5.82 Å². The maximum absolute atomic E-state index is 12.9. The smallest absolute Gasteiger partial charge is 0.352 e. The van der Waals surface area contributed by atoms with Gasteiger partial charge in [0.2, 0.25) is 11.8 Å². The number of hydrogen-bond acceptors (Lipinski definition) is 4. The van der Waals surface area contributed by atoms with Gasteiger partial charge in [0, 0.05) is 44.6 Å². The molecule has 3 heterocycles. The van der Waals surface area contributed by atoms with E-state index in [4.69, 9.17) is 0 Å². The minimum absolute atomic E-state index is 0.0290. The number of aromatic nitrogens is 3. The molecule has 2 aromatic heterocycles. The molecule has 1 atom stereocenters. The molecule has 1 aliphatic rings. The lowest BCUT2D eigenvalue weighted by Gasteiger charge is -2.17. The van der Waals surface area contributed by atoms with Crippen LogP contribution >= 0.6 is 0 Å². The van der Waals surface area contributed by atoms with Crippen molar-refractivity contribution in [1.82, 2.24) is 25.0 Å². The number of rotatable bonds is 6. The Morgan fingerprint density at radius 1 is 1.16 bits per heavy atom. The van der Waals surface area contributed by atoms with E-state index < -0.39 is 17.7 Å². The van der Waals surface area contributed by atoms with E-state index in [1.807, 2.05) is 6.07 Å². The van der Waals surface area contributed by atoms with Gasteiger partial charge in [0.05, 0.1) is 11.5 Å². The molecule has 0 unspecified atom stereocenters. The molecule has 1 fully saturated rings. The minimum Gasteiger partial charge on any atom is -0.352 e. The summed E-state index contributed by atoms with van der Waals surface area (Å²) < 4.78 is 40.3. The Balaban J connectivity index is 1.31. The molecule has 1 aromatic carbocycles. The number of halogens is 3. The normalized spacial score (nSPS) is 16.4. The molecular formula is C22H20F3N5O2. The molecule has 4 rings (SSSR count). The SMILES string of the molecule is O=C(NCc1ccc(-n2cccn2)nc1)[C@H]1CC(=O)N(Cc2cccc(C(F)(F)F)c2)C1. The highest BCUT2D eigenvalue weighted by molar-refractivity contribution is 5.89. The van der Waals surface area contributed by atoms with Crippen LogP contribution in [0.4, 0.5) is 13.2 Å². The van der Waals surface area contributed by atoms with Crippen molar-refractivity contribution in [2.45, 2.75) is 25.7 Å². The van der Waals surface area contributed by atoms with Crippen LogP contribution in [0.2, 0.25) is 0 Å². The highest BCUT2D eigenvalue weighted by Gasteiger charge is 2.35. The van der Waals surface area contributed by atoms with Crippen molar-refractivity contribution >= 4 is 11.8 Å². The molecule has 0 radical (unpaired) electrons. The number of benzene rings is 1. The first kappa shape index (κ1) is 21.5. The van der Waals surface area contributed by atoms with Gasteiger partial charge in [-0.15, -0.1) is 0 Å². The van der Waals surface area contributed by atoms with Crippen LogP contribution in [0.15, 0.2) is 61.1 Å². The quantitative estimate of drug-likeness (QED) is 0.635. The van der Waals surface area contributed by atoms with Crippen molar-refractivity contribution in [3.05, 3.63) is 77.7 Å². The summed E-state index contributed by atoms with van der Waals surface area (Å²) in [5, 5.41) is 6.90. The summed E-state index contributed by atoms with van der Waals surface area (Å²) in [6, 6.07) is 10.3. The van der Waals surface area contributed by atoms with E-state index in [1.165, 1.54) is 17.0 Å². The van der Waals surface area contributed by atoms with Crippen LogP contribution in [0, 0.1) is 5.92 Å². The molecule has 1 aliphatic heterocycles. The number of nitrogens with one attached hydrogen (secondary N) is 1. The molecule has 10 heteroatoms. The Hall–Kier alpha value is -3.69. The highest BCUT2D eigenvalue weighted by atomic mass is 19.4. The maximum Gasteiger partial charge on any atom is 0.416 e. The largest absolute Gasteiger partial charge is 0.416 e. The second-order valence-electron chi connectivity index (χ2n) is 7.57. The lowest BCUT2D eigenvalue weighted by molar-refractivity contribution is -0.137. The number of likely N-dealkylation sites (tertiary alicyclic amines) is 1. The van der Waals surface area contributed by atoms with Crippen molar-refractivity contribution in [2.24, 2.45) is 5.92 Å². The number of carbonyl (C=O) groups is 2. The highest BCUT2D eigenvalue weighted by Crippen LogP contribution is 2.30. The Morgan fingerprint density at radius 3 is 2.69 bits per heavy atom. The summed E-state index contributed by atoms with van der Waals surface area (Å²) in [7, 11) is 0. The van der Waals surface area contributed by atoms with Gasteiger partial charge in [-0.05, 0) is 35.4 Å². The van der Waals surface area contributed by atoms with Crippen molar-refractivity contribution < 1.29 is 22.8 Å². The van der Waals surface area contributed by atoms with E-state index in [9.17, 15) is 22.8 Å². The minimum atomic E-state index is -4.45. The van der Waals surface area contributed by atoms with E-state index in [2.05, 4.69) is 15.4 Å². The summed E-state index contributed by atoms with van der Waals surface area (Å²) in [4.78, 5) is 30.5. The van der Waals surface area contributed by atoms with E-state index in [1.54, 1.807) is 35.4 Å². The average molecular weight is 443 g/mol. The summed E-state index contributed by atoms with van der Waals surface area (Å²) >= 11 is 0. The van der Waals surface area contributed by atoms with Gasteiger partial charge < -0.3 is 10.2 Å². The van der Waals surface area contributed by atoms with Crippen LogP contribution < -0.4 is 5.32 Å². The van der Waals surface area contributed by atoms with Crippen LogP contribution in [0.5, 0.6) is 0 Å². The molecule has 0 spiro atoms. The predicted octanol–water partition coefficient (Wildman–Crippen LogP) is 2.95. The molecule has 1 saturated heterocycles. The monoisotopic (exact) mass is 443 g/mol. The van der Waals surface area contributed by atoms with Gasteiger partial charge >= 0.3 is 6.18 Å². The zero-order valence-electron chi connectivity index (χ0n) is 16.9. The molecule has 0 aliphatic carbocycles. The molecular weight excluding hydrogens is 423 g/mol. The Bertz CT molecular complexity index is 1100. The van der Waals surface area contributed by atoms with Crippen LogP contribution in [0.3, 0.4) is 0 Å². The third kappa shape index (κ3) is 4.96. The third-order valence-corrected chi connectivity index (χ3v) is 5.23. The van der Waals surface area contributed by atoms with E-state index in [0.29, 0.717) is 11.4 Å². The standard InChI is InChI=1S/C22H20F3N5O2/c23-22(24,25)18-4-1-3-15(9-18)13-29-14-17(10-20(29)31)21(32)27-12-16-5-6-19(26-11-16)30-8-2-7-28-30/h1-9,11,17H,10,12-14H2,(H,27,32)/t17-/m0/s1. The van der Waals surface area contributed by atoms with Crippen molar-refractivity contribution in [3.63, 3.8) is 0 Å². The van der Waals surface area contributed by atoms with Gasteiger partial charge in [0.25, 0.3) is 0 Å². The predicted molar refractivity (Wildman–Crippen MR) is 108 cm³/mol. The van der Waals surface area contributed by atoms with Crippen LogP contribution in [-0.4, -0.2) is 38.0 Å². The number of carbonyl (C=O) groups excluding carboxylic acids is 2. The first-order valence-electron chi connectivity index (χ1n) is 9.96. The first-order valence-corrected chi connectivity index (χ1v) is 9.96. The number of nitrogens with zero attached hydrogens (tertiary/aromatic N) is 4. The summed E-state index contributed by atoms with van der Waals surface area (Å²) in [5.74, 6) is -0.435. The fourth-order valence-electron chi connectivity index (χ4n) is 3.56. The van der Waals surface area contributed by atoms with E-state index in [0.717, 1.165) is 17.7 Å². The average Bonchev–Trinajstić information content (AvgIpc) is 3.43. The molecule has 32 heavy (non-hydrogen) atoms. The van der Waals surface area contributed by atoms with Crippen molar-refractivity contribution in [1.29, 1.82) is 0 Å². The van der Waals surface area contributed by atoms with Gasteiger partial charge in [-0.2, -0.15) is 18.3 Å². The molecule has 1 N–H and O–H groups in total. The summed E-state index contributed by atoms with van der Waals surface area (Å²) in [6.45, 7) is 0.451. The van der Waals surface area contributed by atoms with Crippen molar-refractivity contribution in [2.75, 3.05) is 6.54 Å². The van der Waals surface area contributed by atoms with E-state index >= 15 is 0 Å². The second-order valence-corrected chi connectivity index (χ2v) is 7.57. The Morgan fingerprint density at radius 2 is 2.00 bits per heavy atom. The topological polar surface area (TPSA) is 80.1 Å². The lowest BCUT2D eigenvalue weighted by atomic mass is 10.1. The van der Waals surface area contributed by atoms with Gasteiger partial charge in [-0.3, -0.25) is 9.59 Å². The Kier molecular flexibility index (Phi) is 5.93. The second kappa shape index (κ2) is 8.81. The van der Waals surface area contributed by atoms with Gasteiger partial charge in [0.15, 0.2) is 5.82 Å². The molecule has 3 aromatic rings. The Labute approximate surface area is 181 Å². The number of alkyl halides is 3. The number of amides is 2. The van der Waals surface area contributed by atoms with E-state index in [-0.39, 0.29) is 37.9 Å². The molecule has 0 bridgehead atoms. The maximum atomic E-state index is 12.9. The number of pyridine rings is 1.